The monoisotopic (exact) mass is 314 g/mol. The molecule has 112 valence electrons. The number of quaternary nitrogens is 1. The number of rotatable bonds is 3. The van der Waals surface area contributed by atoms with Crippen LogP contribution < -0.4 is 4.90 Å². The van der Waals surface area contributed by atoms with Crippen molar-refractivity contribution in [3.63, 3.8) is 0 Å². The first kappa shape index (κ1) is 15.0. The van der Waals surface area contributed by atoms with E-state index in [2.05, 4.69) is 13.1 Å². The van der Waals surface area contributed by atoms with E-state index in [-0.39, 0.29) is 5.82 Å². The summed E-state index contributed by atoms with van der Waals surface area (Å²) >= 11 is 1.54. The Balaban J connectivity index is 1.81. The molecule has 1 aliphatic rings. The molecule has 1 N–H and O–H groups in total. The van der Waals surface area contributed by atoms with E-state index in [4.69, 9.17) is 4.98 Å². The third-order valence-corrected chi connectivity index (χ3v) is 4.91. The van der Waals surface area contributed by atoms with Crippen molar-refractivity contribution in [3.8, 4) is 6.07 Å². The average molecular weight is 314 g/mol. The molecule has 5 heteroatoms. The minimum atomic E-state index is -0.231. The van der Waals surface area contributed by atoms with E-state index in [9.17, 15) is 9.65 Å². The molecular weight excluding hydrogens is 297 g/mol. The largest absolute Gasteiger partial charge is 0.333 e. The number of nitriles is 1. The maximum atomic E-state index is 12.9. The molecule has 3 rings (SSSR count). The SMILES string of the molecule is C[NH+]1CCc2nc(SCc3ccc(F)cc3)c(C#N)cc2C1. The fraction of sp³-hybridized carbons (Fsp3) is 0.294. The normalized spacial score (nSPS) is 16.9. The number of thioether (sulfide) groups is 1. The van der Waals surface area contributed by atoms with E-state index >= 15 is 0 Å². The highest BCUT2D eigenvalue weighted by Crippen LogP contribution is 2.26. The molecule has 1 aromatic heterocycles. The molecule has 0 aliphatic carbocycles. The van der Waals surface area contributed by atoms with Crippen LogP contribution in [0.15, 0.2) is 35.4 Å². The molecule has 0 fully saturated rings. The number of halogens is 1. The predicted octanol–water partition coefficient (Wildman–Crippen LogP) is 1.96. The molecule has 1 atom stereocenters. The Morgan fingerprint density at radius 1 is 1.36 bits per heavy atom. The van der Waals surface area contributed by atoms with Crippen molar-refractivity contribution >= 4 is 11.8 Å². The van der Waals surface area contributed by atoms with Crippen LogP contribution in [0.5, 0.6) is 0 Å². The fourth-order valence-corrected chi connectivity index (χ4v) is 3.54. The van der Waals surface area contributed by atoms with Crippen LogP contribution in [-0.2, 0) is 18.7 Å². The van der Waals surface area contributed by atoms with Gasteiger partial charge in [0.25, 0.3) is 0 Å². The second-order valence-electron chi connectivity index (χ2n) is 5.61. The molecule has 0 saturated heterocycles. The molecule has 0 amide bonds. The highest BCUT2D eigenvalue weighted by atomic mass is 32.2. The first-order chi connectivity index (χ1) is 10.7. The van der Waals surface area contributed by atoms with Crippen LogP contribution in [-0.4, -0.2) is 18.6 Å². The van der Waals surface area contributed by atoms with Gasteiger partial charge in [-0.3, -0.25) is 0 Å². The van der Waals surface area contributed by atoms with E-state index in [1.54, 1.807) is 23.9 Å². The Hall–Kier alpha value is -1.90. The number of nitrogens with one attached hydrogen (secondary N) is 1. The summed E-state index contributed by atoms with van der Waals surface area (Å²) in [5.41, 5.74) is 3.97. The zero-order valence-electron chi connectivity index (χ0n) is 12.4. The molecule has 22 heavy (non-hydrogen) atoms. The topological polar surface area (TPSA) is 41.1 Å². The van der Waals surface area contributed by atoms with Crippen LogP contribution in [0, 0.1) is 17.1 Å². The minimum Gasteiger partial charge on any atom is -0.333 e. The summed E-state index contributed by atoms with van der Waals surface area (Å²) in [7, 11) is 2.16. The van der Waals surface area contributed by atoms with Crippen molar-refractivity contribution in [1.29, 1.82) is 5.26 Å². The zero-order chi connectivity index (χ0) is 15.5. The van der Waals surface area contributed by atoms with Gasteiger partial charge in [0.1, 0.15) is 23.5 Å². The Bertz CT molecular complexity index is 722. The van der Waals surface area contributed by atoms with Gasteiger partial charge >= 0.3 is 0 Å². The summed E-state index contributed by atoms with van der Waals surface area (Å²) in [6.07, 6.45) is 0.955. The van der Waals surface area contributed by atoms with E-state index in [0.717, 1.165) is 35.8 Å². The van der Waals surface area contributed by atoms with Crippen molar-refractivity contribution in [3.05, 3.63) is 58.5 Å². The maximum absolute atomic E-state index is 12.9. The summed E-state index contributed by atoms with van der Waals surface area (Å²) < 4.78 is 12.9. The number of aromatic nitrogens is 1. The fourth-order valence-electron chi connectivity index (χ4n) is 2.61. The molecular formula is C17H17FN3S+. The third-order valence-electron chi connectivity index (χ3n) is 3.85. The lowest BCUT2D eigenvalue weighted by Crippen LogP contribution is -3.08. The van der Waals surface area contributed by atoms with E-state index in [1.807, 2.05) is 6.07 Å². The van der Waals surface area contributed by atoms with Crippen molar-refractivity contribution in [1.82, 2.24) is 4.98 Å². The molecule has 0 saturated carbocycles. The average Bonchev–Trinajstić information content (AvgIpc) is 2.53. The van der Waals surface area contributed by atoms with E-state index in [1.165, 1.54) is 22.6 Å². The van der Waals surface area contributed by atoms with Crippen molar-refractivity contribution < 1.29 is 9.29 Å². The predicted molar refractivity (Wildman–Crippen MR) is 84.1 cm³/mol. The van der Waals surface area contributed by atoms with Gasteiger partial charge in [0.05, 0.1) is 24.8 Å². The minimum absolute atomic E-state index is 0.231. The number of pyridine rings is 1. The summed E-state index contributed by atoms with van der Waals surface area (Å²) in [6, 6.07) is 10.7. The van der Waals surface area contributed by atoms with Crippen molar-refractivity contribution in [2.45, 2.75) is 23.7 Å². The number of hydrogen-bond acceptors (Lipinski definition) is 3. The van der Waals surface area contributed by atoms with Gasteiger partial charge in [0.2, 0.25) is 0 Å². The Morgan fingerprint density at radius 2 is 2.14 bits per heavy atom. The number of nitrogens with zero attached hydrogens (tertiary/aromatic N) is 2. The highest BCUT2D eigenvalue weighted by Gasteiger charge is 2.20. The smallest absolute Gasteiger partial charge is 0.123 e. The van der Waals surface area contributed by atoms with Crippen LogP contribution in [0.1, 0.15) is 22.4 Å². The lowest BCUT2D eigenvalue weighted by atomic mass is 10.0. The second-order valence-corrected chi connectivity index (χ2v) is 6.57. The molecule has 3 nitrogen and oxygen atoms in total. The van der Waals surface area contributed by atoms with Gasteiger partial charge < -0.3 is 4.90 Å². The summed E-state index contributed by atoms with van der Waals surface area (Å²) in [6.45, 7) is 2.01. The first-order valence-corrected chi connectivity index (χ1v) is 8.25. The van der Waals surface area contributed by atoms with Gasteiger partial charge in [0, 0.05) is 17.7 Å². The summed E-state index contributed by atoms with van der Waals surface area (Å²) in [5.74, 6) is 0.455. The highest BCUT2D eigenvalue weighted by molar-refractivity contribution is 7.98. The summed E-state index contributed by atoms with van der Waals surface area (Å²) in [5, 5.41) is 10.1. The number of benzene rings is 1. The molecule has 1 aliphatic heterocycles. The van der Waals surface area contributed by atoms with Gasteiger partial charge in [-0.25, -0.2) is 9.37 Å². The van der Waals surface area contributed by atoms with E-state index in [0.29, 0.717) is 11.3 Å². The molecule has 0 spiro atoms. The molecule has 0 bridgehead atoms. The van der Waals surface area contributed by atoms with E-state index < -0.39 is 0 Å². The molecule has 2 heterocycles. The maximum Gasteiger partial charge on any atom is 0.123 e. The van der Waals surface area contributed by atoms with Gasteiger partial charge in [-0.2, -0.15) is 5.26 Å². The Kier molecular flexibility index (Phi) is 4.41. The molecule has 1 unspecified atom stereocenters. The Morgan fingerprint density at radius 3 is 2.86 bits per heavy atom. The van der Waals surface area contributed by atoms with Crippen LogP contribution in [0.4, 0.5) is 4.39 Å². The molecule has 2 aromatic rings. The van der Waals surface area contributed by atoms with Crippen LogP contribution in [0.25, 0.3) is 0 Å². The van der Waals surface area contributed by atoms with Gasteiger partial charge in [-0.1, -0.05) is 12.1 Å². The number of hydrogen-bond donors (Lipinski definition) is 1. The summed E-state index contributed by atoms with van der Waals surface area (Å²) in [4.78, 5) is 6.15. The van der Waals surface area contributed by atoms with Crippen molar-refractivity contribution in [2.75, 3.05) is 13.6 Å². The van der Waals surface area contributed by atoms with Gasteiger partial charge in [0.15, 0.2) is 0 Å². The van der Waals surface area contributed by atoms with Gasteiger partial charge in [-0.15, -0.1) is 11.8 Å². The lowest BCUT2D eigenvalue weighted by Gasteiger charge is -2.22. The van der Waals surface area contributed by atoms with Gasteiger partial charge in [-0.05, 0) is 23.8 Å². The third kappa shape index (κ3) is 3.29. The first-order valence-electron chi connectivity index (χ1n) is 7.27. The molecule has 0 radical (unpaired) electrons. The number of likely N-dealkylation sites (N-methyl/N-ethyl adjacent to an activating group) is 1. The van der Waals surface area contributed by atoms with Crippen LogP contribution in [0.3, 0.4) is 0 Å². The Labute approximate surface area is 133 Å². The zero-order valence-corrected chi connectivity index (χ0v) is 13.2. The second kappa shape index (κ2) is 6.47. The lowest BCUT2D eigenvalue weighted by molar-refractivity contribution is -0.895. The molecule has 1 aromatic carbocycles. The van der Waals surface area contributed by atoms with Crippen LogP contribution >= 0.6 is 11.8 Å². The number of fused-ring (bicyclic) bond motifs is 1. The standard InChI is InChI=1S/C17H16FN3S/c1-21-7-6-16-14(10-21)8-13(9-19)17(20-16)22-11-12-2-4-15(18)5-3-12/h2-5,8H,6-7,10-11H2,1H3/p+1. The quantitative estimate of drug-likeness (QED) is 0.881. The van der Waals surface area contributed by atoms with Crippen LogP contribution in [0.2, 0.25) is 0 Å². The van der Waals surface area contributed by atoms with Crippen molar-refractivity contribution in [2.24, 2.45) is 0 Å².